The van der Waals surface area contributed by atoms with Crippen molar-refractivity contribution in [1.82, 2.24) is 5.32 Å². The van der Waals surface area contributed by atoms with Gasteiger partial charge in [0.2, 0.25) is 5.91 Å². The van der Waals surface area contributed by atoms with Gasteiger partial charge in [0, 0.05) is 6.54 Å². The van der Waals surface area contributed by atoms with Crippen LogP contribution in [0.3, 0.4) is 0 Å². The summed E-state index contributed by atoms with van der Waals surface area (Å²) in [6.07, 6.45) is 5.28. The monoisotopic (exact) mass is 201 g/mol. The van der Waals surface area contributed by atoms with Gasteiger partial charge in [-0.1, -0.05) is 26.2 Å². The molecule has 2 nitrogen and oxygen atoms in total. The van der Waals surface area contributed by atoms with Crippen LogP contribution in [0.2, 0.25) is 0 Å². The van der Waals surface area contributed by atoms with Gasteiger partial charge in [0.25, 0.3) is 0 Å². The molecule has 1 aliphatic rings. The molecule has 0 aliphatic heterocycles. The van der Waals surface area contributed by atoms with Crippen LogP contribution in [0, 0.1) is 11.8 Å². The Morgan fingerprint density at radius 2 is 2.15 bits per heavy atom. The smallest absolute Gasteiger partial charge is 0.229 e. The summed E-state index contributed by atoms with van der Waals surface area (Å²) in [6, 6.07) is 0. The number of carbonyl (C=O) groups is 1. The molecule has 0 radical (unpaired) electrons. The molecule has 0 bridgehead atoms. The largest absolute Gasteiger partial charge is 0.355 e. The number of hydrogen-bond donors (Lipinski definition) is 2. The SMILES string of the molecule is CC1CCCCC1CNC(=O)CS. The number of hydrogen-bond acceptors (Lipinski definition) is 2. The summed E-state index contributed by atoms with van der Waals surface area (Å²) < 4.78 is 0. The van der Waals surface area contributed by atoms with Crippen LogP contribution >= 0.6 is 12.6 Å². The highest BCUT2D eigenvalue weighted by atomic mass is 32.1. The summed E-state index contributed by atoms with van der Waals surface area (Å²) >= 11 is 3.92. The second-order valence-electron chi connectivity index (χ2n) is 3.98. The van der Waals surface area contributed by atoms with E-state index in [0.29, 0.717) is 11.7 Å². The number of carbonyl (C=O) groups excluding carboxylic acids is 1. The van der Waals surface area contributed by atoms with Crippen molar-refractivity contribution in [2.75, 3.05) is 12.3 Å². The molecule has 0 spiro atoms. The summed E-state index contributed by atoms with van der Waals surface area (Å²) in [5.74, 6) is 1.83. The first-order valence-electron chi connectivity index (χ1n) is 5.11. The summed E-state index contributed by atoms with van der Waals surface area (Å²) in [4.78, 5) is 11.0. The molecule has 0 aromatic heterocycles. The second-order valence-corrected chi connectivity index (χ2v) is 4.30. The first kappa shape index (κ1) is 10.9. The highest BCUT2D eigenvalue weighted by Gasteiger charge is 2.21. The van der Waals surface area contributed by atoms with E-state index in [1.54, 1.807) is 0 Å². The Balaban J connectivity index is 2.22. The number of amides is 1. The van der Waals surface area contributed by atoms with Crippen LogP contribution < -0.4 is 5.32 Å². The first-order chi connectivity index (χ1) is 6.24. The van der Waals surface area contributed by atoms with Gasteiger partial charge in [0.1, 0.15) is 0 Å². The minimum absolute atomic E-state index is 0.0566. The van der Waals surface area contributed by atoms with Gasteiger partial charge in [0.05, 0.1) is 5.75 Å². The van der Waals surface area contributed by atoms with Crippen LogP contribution in [0.5, 0.6) is 0 Å². The quantitative estimate of drug-likeness (QED) is 0.671. The van der Waals surface area contributed by atoms with Crippen molar-refractivity contribution in [1.29, 1.82) is 0 Å². The molecule has 1 fully saturated rings. The zero-order chi connectivity index (χ0) is 9.68. The van der Waals surface area contributed by atoms with E-state index in [4.69, 9.17) is 0 Å². The fourth-order valence-corrected chi connectivity index (χ4v) is 2.11. The number of nitrogens with one attached hydrogen (secondary N) is 1. The molecule has 0 heterocycles. The molecular formula is C10H19NOS. The molecule has 1 N–H and O–H groups in total. The van der Waals surface area contributed by atoms with Crippen molar-refractivity contribution in [3.8, 4) is 0 Å². The number of thiol groups is 1. The maximum Gasteiger partial charge on any atom is 0.229 e. The van der Waals surface area contributed by atoms with Crippen LogP contribution in [-0.2, 0) is 4.79 Å². The molecule has 2 atom stereocenters. The Morgan fingerprint density at radius 3 is 2.77 bits per heavy atom. The highest BCUT2D eigenvalue weighted by Crippen LogP contribution is 2.28. The fourth-order valence-electron chi connectivity index (χ4n) is 2.00. The Bertz CT molecular complexity index is 172. The van der Waals surface area contributed by atoms with Crippen molar-refractivity contribution >= 4 is 18.5 Å². The van der Waals surface area contributed by atoms with Gasteiger partial charge in [-0.15, -0.1) is 0 Å². The van der Waals surface area contributed by atoms with E-state index in [9.17, 15) is 4.79 Å². The third-order valence-corrected chi connectivity index (χ3v) is 3.28. The van der Waals surface area contributed by atoms with Gasteiger partial charge in [-0.3, -0.25) is 4.79 Å². The van der Waals surface area contributed by atoms with E-state index in [1.165, 1.54) is 25.7 Å². The molecule has 0 saturated heterocycles. The molecular weight excluding hydrogens is 182 g/mol. The van der Waals surface area contributed by atoms with E-state index in [2.05, 4.69) is 24.9 Å². The van der Waals surface area contributed by atoms with E-state index >= 15 is 0 Å². The van der Waals surface area contributed by atoms with Crippen LogP contribution in [0.4, 0.5) is 0 Å². The molecule has 0 aromatic carbocycles. The van der Waals surface area contributed by atoms with Crippen molar-refractivity contribution in [2.24, 2.45) is 11.8 Å². The zero-order valence-electron chi connectivity index (χ0n) is 8.25. The van der Waals surface area contributed by atoms with Gasteiger partial charge >= 0.3 is 0 Å². The third-order valence-electron chi connectivity index (χ3n) is 2.99. The molecule has 1 aliphatic carbocycles. The van der Waals surface area contributed by atoms with Crippen LogP contribution in [0.25, 0.3) is 0 Å². The lowest BCUT2D eigenvalue weighted by Crippen LogP contribution is -2.33. The average molecular weight is 201 g/mol. The minimum atomic E-state index is 0.0566. The second kappa shape index (κ2) is 5.53. The molecule has 3 heteroatoms. The molecule has 0 aromatic rings. The lowest BCUT2D eigenvalue weighted by Gasteiger charge is -2.28. The standard InChI is InChI=1S/C10H19NOS/c1-8-4-2-3-5-9(8)6-11-10(12)7-13/h8-9,13H,2-7H2,1H3,(H,11,12). The summed E-state index contributed by atoms with van der Waals surface area (Å²) in [6.45, 7) is 3.14. The van der Waals surface area contributed by atoms with Gasteiger partial charge in [-0.05, 0) is 18.3 Å². The summed E-state index contributed by atoms with van der Waals surface area (Å²) in [5, 5.41) is 2.92. The molecule has 1 saturated carbocycles. The van der Waals surface area contributed by atoms with E-state index in [1.807, 2.05) is 0 Å². The zero-order valence-corrected chi connectivity index (χ0v) is 9.15. The Hall–Kier alpha value is -0.180. The fraction of sp³-hybridized carbons (Fsp3) is 0.900. The lowest BCUT2D eigenvalue weighted by atomic mass is 9.80. The van der Waals surface area contributed by atoms with Gasteiger partial charge < -0.3 is 5.32 Å². The van der Waals surface area contributed by atoms with Crippen molar-refractivity contribution < 1.29 is 4.79 Å². The molecule has 1 rings (SSSR count). The molecule has 2 unspecified atom stereocenters. The van der Waals surface area contributed by atoms with Gasteiger partial charge in [-0.25, -0.2) is 0 Å². The lowest BCUT2D eigenvalue weighted by molar-refractivity contribution is -0.118. The molecule has 76 valence electrons. The normalized spacial score (nSPS) is 28.5. The van der Waals surface area contributed by atoms with E-state index in [-0.39, 0.29) is 5.91 Å². The maximum atomic E-state index is 11.0. The van der Waals surface area contributed by atoms with E-state index in [0.717, 1.165) is 12.5 Å². The Kier molecular flexibility index (Phi) is 4.64. The van der Waals surface area contributed by atoms with Crippen molar-refractivity contribution in [3.63, 3.8) is 0 Å². The van der Waals surface area contributed by atoms with Crippen LogP contribution in [0.1, 0.15) is 32.6 Å². The van der Waals surface area contributed by atoms with Crippen LogP contribution in [-0.4, -0.2) is 18.2 Å². The third kappa shape index (κ3) is 3.59. The average Bonchev–Trinajstić information content (AvgIpc) is 2.16. The predicted octanol–water partition coefficient (Wildman–Crippen LogP) is 1.86. The van der Waals surface area contributed by atoms with Crippen molar-refractivity contribution in [2.45, 2.75) is 32.6 Å². The van der Waals surface area contributed by atoms with Gasteiger partial charge in [-0.2, -0.15) is 12.6 Å². The predicted molar refractivity (Wildman–Crippen MR) is 58.0 cm³/mol. The highest BCUT2D eigenvalue weighted by molar-refractivity contribution is 7.81. The topological polar surface area (TPSA) is 29.1 Å². The maximum absolute atomic E-state index is 11.0. The van der Waals surface area contributed by atoms with Crippen molar-refractivity contribution in [3.05, 3.63) is 0 Å². The van der Waals surface area contributed by atoms with Gasteiger partial charge in [0.15, 0.2) is 0 Å². The minimum Gasteiger partial charge on any atom is -0.355 e. The Labute approximate surface area is 85.9 Å². The van der Waals surface area contributed by atoms with E-state index < -0.39 is 0 Å². The Morgan fingerprint density at radius 1 is 1.46 bits per heavy atom. The number of rotatable bonds is 3. The molecule has 1 amide bonds. The first-order valence-corrected chi connectivity index (χ1v) is 5.75. The summed E-state index contributed by atoms with van der Waals surface area (Å²) in [7, 11) is 0. The van der Waals surface area contributed by atoms with Crippen LogP contribution in [0.15, 0.2) is 0 Å². The molecule has 13 heavy (non-hydrogen) atoms. The summed E-state index contributed by atoms with van der Waals surface area (Å²) in [5.41, 5.74) is 0.